The Morgan fingerprint density at radius 3 is 2.69 bits per heavy atom. The first-order chi connectivity index (χ1) is 6.25. The second-order valence-electron chi connectivity index (χ2n) is 2.93. The van der Waals surface area contributed by atoms with E-state index in [1.165, 1.54) is 11.3 Å². The van der Waals surface area contributed by atoms with Gasteiger partial charge >= 0.3 is 0 Å². The lowest BCUT2D eigenvalue weighted by Crippen LogP contribution is -2.37. The molecule has 2 atom stereocenters. The van der Waals surface area contributed by atoms with Crippen LogP contribution in [0.5, 0.6) is 0 Å². The molecule has 0 saturated carbocycles. The summed E-state index contributed by atoms with van der Waals surface area (Å²) in [5.41, 5.74) is 11.1. The molecular formula is C8H12N2O2S. The molecule has 1 aliphatic heterocycles. The van der Waals surface area contributed by atoms with Gasteiger partial charge in [-0.15, -0.1) is 11.3 Å². The first-order valence-corrected chi connectivity index (χ1v) is 4.91. The van der Waals surface area contributed by atoms with Crippen LogP contribution in [0.1, 0.15) is 11.0 Å². The van der Waals surface area contributed by atoms with E-state index in [4.69, 9.17) is 20.9 Å². The lowest BCUT2D eigenvalue weighted by Gasteiger charge is -2.26. The van der Waals surface area contributed by atoms with Crippen molar-refractivity contribution < 1.29 is 9.47 Å². The van der Waals surface area contributed by atoms with Gasteiger partial charge in [0, 0.05) is 4.88 Å². The summed E-state index contributed by atoms with van der Waals surface area (Å²) in [6.45, 7) is 0.962. The molecule has 2 rings (SSSR count). The molecule has 1 fully saturated rings. The van der Waals surface area contributed by atoms with E-state index < -0.39 is 0 Å². The summed E-state index contributed by atoms with van der Waals surface area (Å²) in [6, 6.07) is 3.84. The van der Waals surface area contributed by atoms with Crippen molar-refractivity contribution in [3.8, 4) is 0 Å². The Morgan fingerprint density at radius 2 is 2.15 bits per heavy atom. The monoisotopic (exact) mass is 200 g/mol. The van der Waals surface area contributed by atoms with E-state index in [1.54, 1.807) is 0 Å². The lowest BCUT2D eigenvalue weighted by atomic mass is 10.3. The van der Waals surface area contributed by atoms with Crippen molar-refractivity contribution in [2.45, 2.75) is 12.3 Å². The minimum atomic E-state index is -0.284. The highest BCUT2D eigenvalue weighted by Crippen LogP contribution is 2.29. The van der Waals surface area contributed by atoms with Crippen molar-refractivity contribution in [3.63, 3.8) is 0 Å². The Kier molecular flexibility index (Phi) is 2.50. The molecule has 0 aromatic carbocycles. The standard InChI is InChI=1S/C8H12N2O2S/c9-7-4-11-5(3-12-7)6-1-2-8(10)13-6/h1-2,5,7H,3-4,9-10H2. The van der Waals surface area contributed by atoms with Gasteiger partial charge < -0.3 is 20.9 Å². The SMILES string of the molecule is Nc1ccc(C2COC(N)CO2)s1. The molecule has 13 heavy (non-hydrogen) atoms. The van der Waals surface area contributed by atoms with Gasteiger partial charge in [0.15, 0.2) is 0 Å². The van der Waals surface area contributed by atoms with E-state index in [2.05, 4.69) is 0 Å². The Bertz CT molecular complexity index is 281. The zero-order valence-corrected chi connectivity index (χ0v) is 7.92. The molecule has 0 radical (unpaired) electrons. The summed E-state index contributed by atoms with van der Waals surface area (Å²) in [4.78, 5) is 1.10. The van der Waals surface area contributed by atoms with Crippen LogP contribution in [-0.2, 0) is 9.47 Å². The van der Waals surface area contributed by atoms with E-state index in [0.717, 1.165) is 9.88 Å². The first-order valence-electron chi connectivity index (χ1n) is 4.09. The van der Waals surface area contributed by atoms with Crippen LogP contribution in [0, 0.1) is 0 Å². The molecule has 5 heteroatoms. The molecule has 4 N–H and O–H groups in total. The minimum absolute atomic E-state index is 0.00194. The van der Waals surface area contributed by atoms with Gasteiger partial charge in [0.1, 0.15) is 12.3 Å². The fraction of sp³-hybridized carbons (Fsp3) is 0.500. The average Bonchev–Trinajstić information content (AvgIpc) is 2.53. The van der Waals surface area contributed by atoms with Crippen molar-refractivity contribution in [2.75, 3.05) is 18.9 Å². The molecule has 1 aromatic rings. The number of hydrogen-bond acceptors (Lipinski definition) is 5. The van der Waals surface area contributed by atoms with Gasteiger partial charge in [-0.05, 0) is 12.1 Å². The Morgan fingerprint density at radius 1 is 1.31 bits per heavy atom. The second-order valence-corrected chi connectivity index (χ2v) is 4.08. The molecule has 1 aromatic heterocycles. The van der Waals surface area contributed by atoms with Crippen LogP contribution in [0.3, 0.4) is 0 Å². The van der Waals surface area contributed by atoms with Crippen LogP contribution in [0.2, 0.25) is 0 Å². The predicted molar refractivity (Wildman–Crippen MR) is 51.4 cm³/mol. The van der Waals surface area contributed by atoms with Crippen molar-refractivity contribution in [3.05, 3.63) is 17.0 Å². The molecule has 72 valence electrons. The smallest absolute Gasteiger partial charge is 0.129 e. The topological polar surface area (TPSA) is 70.5 Å². The van der Waals surface area contributed by atoms with Gasteiger partial charge in [-0.3, -0.25) is 0 Å². The normalized spacial score (nSPS) is 29.0. The average molecular weight is 200 g/mol. The Balaban J connectivity index is 2.02. The summed E-state index contributed by atoms with van der Waals surface area (Å²) >= 11 is 1.53. The highest BCUT2D eigenvalue weighted by atomic mass is 32.1. The van der Waals surface area contributed by atoms with Crippen molar-refractivity contribution in [2.24, 2.45) is 5.73 Å². The van der Waals surface area contributed by atoms with E-state index in [-0.39, 0.29) is 12.3 Å². The summed E-state index contributed by atoms with van der Waals surface area (Å²) < 4.78 is 10.8. The Hall–Kier alpha value is -0.620. The third-order valence-corrected chi connectivity index (χ3v) is 2.89. The maximum Gasteiger partial charge on any atom is 0.129 e. The largest absolute Gasteiger partial charge is 0.391 e. The zero-order chi connectivity index (χ0) is 9.26. The van der Waals surface area contributed by atoms with E-state index in [9.17, 15) is 0 Å². The maximum absolute atomic E-state index is 5.61. The third kappa shape index (κ3) is 2.00. The van der Waals surface area contributed by atoms with E-state index >= 15 is 0 Å². The molecule has 0 amide bonds. The van der Waals surface area contributed by atoms with E-state index in [1.807, 2.05) is 12.1 Å². The summed E-state index contributed by atoms with van der Waals surface area (Å²) in [6.07, 6.45) is -0.282. The number of thiophene rings is 1. The van der Waals surface area contributed by atoms with Gasteiger partial charge in [0.25, 0.3) is 0 Å². The molecule has 0 aliphatic carbocycles. The van der Waals surface area contributed by atoms with Crippen LogP contribution < -0.4 is 11.5 Å². The number of hydrogen-bond donors (Lipinski definition) is 2. The number of rotatable bonds is 1. The predicted octanol–water partition coefficient (Wildman–Crippen LogP) is 0.703. The highest BCUT2D eigenvalue weighted by molar-refractivity contribution is 7.15. The van der Waals surface area contributed by atoms with Gasteiger partial charge in [-0.1, -0.05) is 0 Å². The van der Waals surface area contributed by atoms with Crippen molar-refractivity contribution >= 4 is 16.3 Å². The van der Waals surface area contributed by atoms with Crippen LogP contribution in [0.25, 0.3) is 0 Å². The molecular weight excluding hydrogens is 188 g/mol. The first kappa shape index (κ1) is 8.96. The van der Waals surface area contributed by atoms with Crippen LogP contribution in [0.4, 0.5) is 5.00 Å². The van der Waals surface area contributed by atoms with Crippen LogP contribution in [-0.4, -0.2) is 19.4 Å². The summed E-state index contributed by atoms with van der Waals surface area (Å²) in [5.74, 6) is 0. The molecule has 2 unspecified atom stereocenters. The fourth-order valence-electron chi connectivity index (χ4n) is 1.22. The third-order valence-electron chi connectivity index (χ3n) is 1.89. The quantitative estimate of drug-likeness (QED) is 0.700. The van der Waals surface area contributed by atoms with Gasteiger partial charge in [-0.25, -0.2) is 0 Å². The molecule has 1 saturated heterocycles. The van der Waals surface area contributed by atoms with Gasteiger partial charge in [0.2, 0.25) is 0 Å². The summed E-state index contributed by atoms with van der Waals surface area (Å²) in [7, 11) is 0. The molecule has 0 spiro atoms. The molecule has 1 aliphatic rings. The van der Waals surface area contributed by atoms with Crippen molar-refractivity contribution in [1.82, 2.24) is 0 Å². The van der Waals surface area contributed by atoms with E-state index in [0.29, 0.717) is 13.2 Å². The number of nitrogen functional groups attached to an aromatic ring is 1. The summed E-state index contributed by atoms with van der Waals surface area (Å²) in [5, 5.41) is 0.800. The number of ether oxygens (including phenoxy) is 2. The minimum Gasteiger partial charge on any atom is -0.391 e. The highest BCUT2D eigenvalue weighted by Gasteiger charge is 2.21. The van der Waals surface area contributed by atoms with Crippen molar-refractivity contribution in [1.29, 1.82) is 0 Å². The second kappa shape index (κ2) is 3.63. The fourth-order valence-corrected chi connectivity index (χ4v) is 2.04. The van der Waals surface area contributed by atoms with Crippen LogP contribution >= 0.6 is 11.3 Å². The Labute approximate surface area is 80.4 Å². The number of nitrogens with two attached hydrogens (primary N) is 2. The van der Waals surface area contributed by atoms with Gasteiger partial charge in [0.05, 0.1) is 18.2 Å². The molecule has 0 bridgehead atoms. The van der Waals surface area contributed by atoms with Crippen LogP contribution in [0.15, 0.2) is 12.1 Å². The molecule has 4 nitrogen and oxygen atoms in total. The zero-order valence-electron chi connectivity index (χ0n) is 7.10. The number of anilines is 1. The molecule has 2 heterocycles. The van der Waals surface area contributed by atoms with Gasteiger partial charge in [-0.2, -0.15) is 0 Å². The maximum atomic E-state index is 5.61. The lowest BCUT2D eigenvalue weighted by molar-refractivity contribution is -0.131.